The fourth-order valence-electron chi connectivity index (χ4n) is 1.74. The highest BCUT2D eigenvalue weighted by atomic mass is 28.5. The summed E-state index contributed by atoms with van der Waals surface area (Å²) in [4.78, 5) is 0. The Morgan fingerprint density at radius 2 is 1.38 bits per heavy atom. The zero-order valence-electron chi connectivity index (χ0n) is 10.9. The zero-order valence-corrected chi connectivity index (χ0v) is 15.3. The van der Waals surface area contributed by atoms with Crippen LogP contribution in [-0.2, 0) is 20.9 Å². The largest absolute Gasteiger partial charge is 0.479 e. The first-order valence-corrected chi connectivity index (χ1v) is 14.2. The van der Waals surface area contributed by atoms with Crippen LogP contribution in [0.5, 0.6) is 0 Å². The van der Waals surface area contributed by atoms with Crippen LogP contribution in [0, 0.1) is 0 Å². The molecular weight excluding hydrogens is 276 g/mol. The Kier molecular flexibility index (Phi) is 5.54. The van der Waals surface area contributed by atoms with Crippen molar-refractivity contribution in [1.29, 1.82) is 0 Å². The van der Waals surface area contributed by atoms with Gasteiger partial charge in [-0.25, -0.2) is 0 Å². The Labute approximate surface area is 104 Å². The van der Waals surface area contributed by atoms with Gasteiger partial charge in [-0.05, 0) is 33.5 Å². The molecule has 5 nitrogen and oxygen atoms in total. The van der Waals surface area contributed by atoms with E-state index in [-0.39, 0.29) is 6.10 Å². The third-order valence-corrected chi connectivity index (χ3v) is 15.1. The molecule has 0 bridgehead atoms. The van der Waals surface area contributed by atoms with E-state index in [0.717, 1.165) is 0 Å². The molecule has 2 unspecified atom stereocenters. The summed E-state index contributed by atoms with van der Waals surface area (Å²) in [6.45, 7) is 11.9. The van der Waals surface area contributed by atoms with Crippen molar-refractivity contribution in [3.8, 4) is 0 Å². The molecule has 1 rings (SSSR count). The first-order valence-electron chi connectivity index (χ1n) is 5.65. The molecule has 1 aliphatic rings. The maximum Gasteiger partial charge on any atom is 0.479 e. The van der Waals surface area contributed by atoms with Gasteiger partial charge in [0.25, 0.3) is 9.28 Å². The van der Waals surface area contributed by atoms with E-state index in [9.17, 15) is 0 Å². The lowest BCUT2D eigenvalue weighted by Crippen LogP contribution is -2.55. The Balaban J connectivity index is 2.68. The van der Waals surface area contributed by atoms with Gasteiger partial charge in [-0.1, -0.05) is 0 Å². The standard InChI is InChI=1S/C7H22O5Si4/c1-7(2)8-16(6)11-14(4)9-13(3)10-15(5)12-16/h7,13-15H,1-6H3. The Hall–Kier alpha value is 0.668. The van der Waals surface area contributed by atoms with Crippen molar-refractivity contribution in [3.05, 3.63) is 0 Å². The third-order valence-electron chi connectivity index (χ3n) is 1.98. The van der Waals surface area contributed by atoms with Crippen LogP contribution in [0.2, 0.25) is 26.2 Å². The molecule has 0 aliphatic carbocycles. The molecule has 16 heavy (non-hydrogen) atoms. The van der Waals surface area contributed by atoms with E-state index in [2.05, 4.69) is 0 Å². The SMILES string of the molecule is CC(C)O[Si]1(C)O[SiH](C)O[SiH](C)O[SiH](C)O1. The maximum atomic E-state index is 5.93. The van der Waals surface area contributed by atoms with Gasteiger partial charge in [-0.3, -0.25) is 0 Å². The quantitative estimate of drug-likeness (QED) is 0.699. The first kappa shape index (κ1) is 14.7. The van der Waals surface area contributed by atoms with Crippen LogP contribution in [0.4, 0.5) is 0 Å². The fourth-order valence-corrected chi connectivity index (χ4v) is 15.2. The van der Waals surface area contributed by atoms with Gasteiger partial charge in [0.15, 0.2) is 0 Å². The highest BCUT2D eigenvalue weighted by molar-refractivity contribution is 6.77. The fraction of sp³-hybridized carbons (Fsp3) is 1.00. The molecule has 0 saturated carbocycles. The summed E-state index contributed by atoms with van der Waals surface area (Å²) in [5.41, 5.74) is 0. The normalized spacial score (nSPS) is 41.8. The van der Waals surface area contributed by atoms with E-state index in [4.69, 9.17) is 20.9 Å². The molecule has 96 valence electrons. The lowest BCUT2D eigenvalue weighted by atomic mass is 10.5. The summed E-state index contributed by atoms with van der Waals surface area (Å²) in [6.07, 6.45) is 0.105. The first-order chi connectivity index (χ1) is 7.31. The monoisotopic (exact) mass is 298 g/mol. The van der Waals surface area contributed by atoms with E-state index in [1.807, 2.05) is 40.0 Å². The Morgan fingerprint density at radius 3 is 1.75 bits per heavy atom. The van der Waals surface area contributed by atoms with Crippen molar-refractivity contribution in [3.63, 3.8) is 0 Å². The molecule has 1 heterocycles. The predicted octanol–water partition coefficient (Wildman–Crippen LogP) is 0.611. The highest BCUT2D eigenvalue weighted by Crippen LogP contribution is 2.18. The van der Waals surface area contributed by atoms with Gasteiger partial charge in [-0.2, -0.15) is 0 Å². The molecule has 9 heteroatoms. The van der Waals surface area contributed by atoms with Gasteiger partial charge >= 0.3 is 27.4 Å². The summed E-state index contributed by atoms with van der Waals surface area (Å²) in [7, 11) is -7.41. The van der Waals surface area contributed by atoms with Crippen LogP contribution in [0.15, 0.2) is 0 Å². The van der Waals surface area contributed by atoms with Crippen molar-refractivity contribution < 1.29 is 20.9 Å². The maximum absolute atomic E-state index is 5.93. The summed E-state index contributed by atoms with van der Waals surface area (Å²) in [5, 5.41) is 0. The van der Waals surface area contributed by atoms with Crippen LogP contribution >= 0.6 is 0 Å². The van der Waals surface area contributed by atoms with E-state index in [1.54, 1.807) is 0 Å². The smallest absolute Gasteiger partial charge is 0.420 e. The lowest BCUT2D eigenvalue weighted by Gasteiger charge is -2.36. The second-order valence-corrected chi connectivity index (χ2v) is 13.7. The summed E-state index contributed by atoms with van der Waals surface area (Å²) in [5.74, 6) is 0. The lowest BCUT2D eigenvalue weighted by molar-refractivity contribution is 0.110. The van der Waals surface area contributed by atoms with Gasteiger partial charge in [0.1, 0.15) is 0 Å². The number of rotatable bonds is 2. The predicted molar refractivity (Wildman–Crippen MR) is 71.2 cm³/mol. The topological polar surface area (TPSA) is 46.2 Å². The van der Waals surface area contributed by atoms with Crippen LogP contribution in [-0.4, -0.2) is 42.8 Å². The second-order valence-electron chi connectivity index (χ2n) is 4.24. The number of hydrogen-bond acceptors (Lipinski definition) is 5. The zero-order chi connectivity index (χ0) is 12.3. The van der Waals surface area contributed by atoms with Gasteiger partial charge in [0, 0.05) is 12.7 Å². The van der Waals surface area contributed by atoms with E-state index >= 15 is 0 Å². The summed E-state index contributed by atoms with van der Waals surface area (Å²) in [6, 6.07) is 0. The van der Waals surface area contributed by atoms with Crippen molar-refractivity contribution in [2.24, 2.45) is 0 Å². The molecule has 2 atom stereocenters. The van der Waals surface area contributed by atoms with Crippen molar-refractivity contribution in [2.75, 3.05) is 0 Å². The Bertz CT molecular complexity index is 215. The third kappa shape index (κ3) is 4.89. The van der Waals surface area contributed by atoms with Crippen LogP contribution < -0.4 is 0 Å². The van der Waals surface area contributed by atoms with Crippen molar-refractivity contribution >= 4 is 36.7 Å². The van der Waals surface area contributed by atoms with Crippen LogP contribution in [0.1, 0.15) is 13.8 Å². The summed E-state index contributed by atoms with van der Waals surface area (Å²) >= 11 is 0. The average molecular weight is 299 g/mol. The van der Waals surface area contributed by atoms with Gasteiger partial charge in [-0.15, -0.1) is 0 Å². The second kappa shape index (κ2) is 6.02. The van der Waals surface area contributed by atoms with Gasteiger partial charge in [0.2, 0.25) is 0 Å². The molecule has 0 radical (unpaired) electrons. The molecule has 1 saturated heterocycles. The minimum Gasteiger partial charge on any atom is -0.420 e. The minimum absolute atomic E-state index is 0.105. The highest BCUT2D eigenvalue weighted by Gasteiger charge is 2.42. The van der Waals surface area contributed by atoms with Gasteiger partial charge in [0.05, 0.1) is 0 Å². The van der Waals surface area contributed by atoms with Gasteiger partial charge < -0.3 is 20.9 Å². The number of hydrogen-bond donors (Lipinski definition) is 0. The molecule has 1 fully saturated rings. The molecule has 0 aromatic carbocycles. The summed E-state index contributed by atoms with van der Waals surface area (Å²) < 4.78 is 29.2. The van der Waals surface area contributed by atoms with Crippen LogP contribution in [0.25, 0.3) is 0 Å². The van der Waals surface area contributed by atoms with Crippen LogP contribution in [0.3, 0.4) is 0 Å². The molecule has 0 N–H and O–H groups in total. The molecule has 0 aromatic heterocycles. The molecule has 0 amide bonds. The molecular formula is C7H22O5Si4. The van der Waals surface area contributed by atoms with E-state index < -0.39 is 36.7 Å². The average Bonchev–Trinajstić information content (AvgIpc) is 1.95. The molecule has 1 aliphatic heterocycles. The Morgan fingerprint density at radius 1 is 0.938 bits per heavy atom. The molecule has 0 spiro atoms. The van der Waals surface area contributed by atoms with Crippen molar-refractivity contribution in [1.82, 2.24) is 0 Å². The molecule has 0 aromatic rings. The van der Waals surface area contributed by atoms with E-state index in [1.165, 1.54) is 0 Å². The van der Waals surface area contributed by atoms with E-state index in [0.29, 0.717) is 0 Å². The van der Waals surface area contributed by atoms with Crippen molar-refractivity contribution in [2.45, 2.75) is 46.1 Å². The minimum atomic E-state index is -2.54.